The van der Waals surface area contributed by atoms with E-state index < -0.39 is 0 Å². The normalized spacial score (nSPS) is 16.5. The van der Waals surface area contributed by atoms with Crippen LogP contribution in [-0.4, -0.2) is 47.5 Å². The topological polar surface area (TPSA) is 60.7 Å². The lowest BCUT2D eigenvalue weighted by molar-refractivity contribution is 0.315. The van der Waals surface area contributed by atoms with Gasteiger partial charge in [-0.15, -0.1) is 0 Å². The first kappa shape index (κ1) is 19.8. The van der Waals surface area contributed by atoms with Gasteiger partial charge in [-0.2, -0.15) is 5.26 Å². The summed E-state index contributed by atoms with van der Waals surface area (Å²) in [5, 5.41) is 11.3. The number of anilines is 1. The number of furan rings is 1. The third kappa shape index (κ3) is 2.86. The molecule has 0 spiro atoms. The van der Waals surface area contributed by atoms with E-state index in [0.29, 0.717) is 11.6 Å². The Labute approximate surface area is 192 Å². The van der Waals surface area contributed by atoms with Crippen molar-refractivity contribution in [1.29, 1.82) is 5.26 Å². The average Bonchev–Trinajstić information content (AvgIpc) is 3.55. The van der Waals surface area contributed by atoms with Gasteiger partial charge >= 0.3 is 0 Å². The first-order valence-electron chi connectivity index (χ1n) is 11.3. The Kier molecular flexibility index (Phi) is 4.42. The number of benzene rings is 2. The van der Waals surface area contributed by atoms with Crippen LogP contribution in [0.15, 0.2) is 59.3 Å². The zero-order chi connectivity index (χ0) is 22.7. The highest BCUT2D eigenvalue weighted by Crippen LogP contribution is 2.46. The van der Waals surface area contributed by atoms with Crippen LogP contribution < -0.4 is 4.90 Å². The molecule has 0 aliphatic carbocycles. The summed E-state index contributed by atoms with van der Waals surface area (Å²) in [7, 11) is 4.29. The van der Waals surface area contributed by atoms with Crippen molar-refractivity contribution >= 4 is 33.3 Å². The van der Waals surface area contributed by atoms with Gasteiger partial charge in [0.25, 0.3) is 0 Å². The van der Waals surface area contributed by atoms with E-state index in [9.17, 15) is 5.26 Å². The van der Waals surface area contributed by atoms with Crippen LogP contribution in [-0.2, 0) is 0 Å². The van der Waals surface area contributed by atoms with Crippen molar-refractivity contribution in [1.82, 2.24) is 14.3 Å². The minimum absolute atomic E-state index is 0.476. The second-order valence-corrected chi connectivity index (χ2v) is 9.07. The summed E-state index contributed by atoms with van der Waals surface area (Å²) >= 11 is 0. The maximum atomic E-state index is 10.2. The summed E-state index contributed by atoms with van der Waals surface area (Å²) in [6.07, 6.45) is 4.98. The molecular weight excluding hydrogens is 410 g/mol. The Hall–Kier alpha value is -3.82. The lowest BCUT2D eigenvalue weighted by atomic mass is 9.92. The molecule has 0 saturated carbocycles. The molecule has 1 saturated heterocycles. The van der Waals surface area contributed by atoms with Crippen molar-refractivity contribution in [2.24, 2.45) is 0 Å². The molecule has 0 unspecified atom stereocenters. The van der Waals surface area contributed by atoms with Crippen LogP contribution in [0, 0.1) is 18.3 Å². The molecule has 33 heavy (non-hydrogen) atoms. The van der Waals surface area contributed by atoms with Crippen LogP contribution >= 0.6 is 0 Å². The number of rotatable bonds is 3. The zero-order valence-corrected chi connectivity index (χ0v) is 19.0. The first-order chi connectivity index (χ1) is 16.1. The number of hydrogen-bond donors (Lipinski definition) is 0. The van der Waals surface area contributed by atoms with Gasteiger partial charge in [0.2, 0.25) is 0 Å². The number of fused-ring (bicyclic) bond motifs is 4. The monoisotopic (exact) mass is 435 g/mol. The van der Waals surface area contributed by atoms with Gasteiger partial charge in [0.15, 0.2) is 0 Å². The van der Waals surface area contributed by atoms with E-state index in [2.05, 4.69) is 40.4 Å². The van der Waals surface area contributed by atoms with Crippen LogP contribution in [0.3, 0.4) is 0 Å². The lowest BCUT2D eigenvalue weighted by Gasteiger charge is -2.26. The molecule has 0 amide bonds. The molecule has 0 N–H and O–H groups in total. The molecule has 0 radical (unpaired) electrons. The van der Waals surface area contributed by atoms with Crippen molar-refractivity contribution in [3.8, 4) is 17.2 Å². The standard InChI is InChI=1S/C27H25N5O/c1-17-20(14-28)25-27(32-12-7-6-10-23(32)29-25)26(31-13-11-18(15-31)30(2)3)24(17)21-16-33-22-9-5-4-8-19(21)22/h4-10,12,16,18H,11,13,15H2,1-3H3/t18-/m0/s1. The van der Waals surface area contributed by atoms with E-state index >= 15 is 0 Å². The van der Waals surface area contributed by atoms with Gasteiger partial charge in [-0.05, 0) is 51.2 Å². The van der Waals surface area contributed by atoms with Gasteiger partial charge in [-0.3, -0.25) is 4.40 Å². The number of nitrogens with zero attached hydrogens (tertiary/aromatic N) is 5. The van der Waals surface area contributed by atoms with Crippen molar-refractivity contribution < 1.29 is 4.42 Å². The summed E-state index contributed by atoms with van der Waals surface area (Å²) < 4.78 is 8.08. The molecular formula is C27H25N5O. The second kappa shape index (κ2) is 7.36. The molecule has 1 fully saturated rings. The summed E-state index contributed by atoms with van der Waals surface area (Å²) in [5.41, 5.74) is 8.25. The average molecular weight is 436 g/mol. The van der Waals surface area contributed by atoms with Crippen molar-refractivity contribution in [2.45, 2.75) is 19.4 Å². The summed E-state index contributed by atoms with van der Waals surface area (Å²) in [5.74, 6) is 0. The summed E-state index contributed by atoms with van der Waals surface area (Å²) in [6, 6.07) is 17.0. The molecule has 1 atom stereocenters. The number of pyridine rings is 1. The summed E-state index contributed by atoms with van der Waals surface area (Å²) in [6.45, 7) is 3.92. The second-order valence-electron chi connectivity index (χ2n) is 9.07. The molecule has 1 aliphatic rings. The fraction of sp³-hybridized carbons (Fsp3) is 0.259. The van der Waals surface area contributed by atoms with Gasteiger partial charge in [0, 0.05) is 41.8 Å². The van der Waals surface area contributed by atoms with E-state index in [0.717, 1.165) is 69.5 Å². The molecule has 4 heterocycles. The number of hydrogen-bond acceptors (Lipinski definition) is 5. The van der Waals surface area contributed by atoms with Crippen LogP contribution in [0.2, 0.25) is 0 Å². The minimum Gasteiger partial charge on any atom is -0.464 e. The molecule has 164 valence electrons. The van der Waals surface area contributed by atoms with E-state index in [-0.39, 0.29) is 0 Å². The maximum Gasteiger partial charge on any atom is 0.138 e. The third-order valence-electron chi connectivity index (χ3n) is 7.05. The van der Waals surface area contributed by atoms with Gasteiger partial charge in [0.05, 0.1) is 23.0 Å². The lowest BCUT2D eigenvalue weighted by Crippen LogP contribution is -2.31. The Morgan fingerprint density at radius 3 is 2.76 bits per heavy atom. The predicted molar refractivity (Wildman–Crippen MR) is 132 cm³/mol. The van der Waals surface area contributed by atoms with Crippen LogP contribution in [0.4, 0.5) is 5.69 Å². The Bertz CT molecular complexity index is 1570. The molecule has 5 aromatic rings. The zero-order valence-electron chi connectivity index (χ0n) is 19.0. The molecule has 6 nitrogen and oxygen atoms in total. The minimum atomic E-state index is 0.476. The van der Waals surface area contributed by atoms with Crippen molar-refractivity contribution in [3.05, 3.63) is 66.1 Å². The summed E-state index contributed by atoms with van der Waals surface area (Å²) in [4.78, 5) is 9.67. The van der Waals surface area contributed by atoms with E-state index in [4.69, 9.17) is 9.40 Å². The van der Waals surface area contributed by atoms with Gasteiger partial charge in [-0.25, -0.2) is 4.98 Å². The maximum absolute atomic E-state index is 10.2. The highest BCUT2D eigenvalue weighted by molar-refractivity contribution is 6.09. The van der Waals surface area contributed by atoms with Gasteiger partial charge in [0.1, 0.15) is 22.8 Å². The van der Waals surface area contributed by atoms with E-state index in [1.807, 2.05) is 55.8 Å². The molecule has 3 aromatic heterocycles. The van der Waals surface area contributed by atoms with Crippen molar-refractivity contribution in [3.63, 3.8) is 0 Å². The molecule has 1 aliphatic heterocycles. The molecule has 2 aromatic carbocycles. The van der Waals surface area contributed by atoms with Gasteiger partial charge in [-0.1, -0.05) is 24.3 Å². The largest absolute Gasteiger partial charge is 0.464 e. The molecule has 6 heteroatoms. The van der Waals surface area contributed by atoms with Crippen molar-refractivity contribution in [2.75, 3.05) is 32.1 Å². The van der Waals surface area contributed by atoms with E-state index in [1.165, 1.54) is 0 Å². The SMILES string of the molecule is Cc1c(-c2coc3ccccc23)c(N2CC[C@H](N(C)C)C2)c2c(nc3ccccn32)c1C#N. The fourth-order valence-corrected chi connectivity index (χ4v) is 5.31. The highest BCUT2D eigenvalue weighted by Gasteiger charge is 2.32. The van der Waals surface area contributed by atoms with E-state index in [1.54, 1.807) is 0 Å². The molecule has 0 bridgehead atoms. The Morgan fingerprint density at radius 2 is 1.97 bits per heavy atom. The predicted octanol–water partition coefficient (Wildman–Crippen LogP) is 5.22. The fourth-order valence-electron chi connectivity index (χ4n) is 5.31. The van der Waals surface area contributed by atoms with Crippen LogP contribution in [0.5, 0.6) is 0 Å². The number of aromatic nitrogens is 2. The number of likely N-dealkylation sites (N-methyl/N-ethyl adjacent to an activating group) is 1. The number of nitriles is 1. The number of para-hydroxylation sites is 1. The number of imidazole rings is 1. The first-order valence-corrected chi connectivity index (χ1v) is 11.3. The van der Waals surface area contributed by atoms with Crippen LogP contribution in [0.25, 0.3) is 38.8 Å². The Morgan fingerprint density at radius 1 is 1.15 bits per heavy atom. The smallest absolute Gasteiger partial charge is 0.138 e. The Balaban J connectivity index is 1.76. The quantitative estimate of drug-likeness (QED) is 0.389. The third-order valence-corrected chi connectivity index (χ3v) is 7.05. The van der Waals surface area contributed by atoms with Gasteiger partial charge < -0.3 is 14.2 Å². The molecule has 6 rings (SSSR count). The highest BCUT2D eigenvalue weighted by atomic mass is 16.3. The van der Waals surface area contributed by atoms with Crippen LogP contribution in [0.1, 0.15) is 17.5 Å².